The van der Waals surface area contributed by atoms with Gasteiger partial charge in [-0.15, -0.1) is 0 Å². The van der Waals surface area contributed by atoms with E-state index >= 15 is 0 Å². The van der Waals surface area contributed by atoms with Crippen molar-refractivity contribution in [2.45, 2.75) is 65.4 Å². The Morgan fingerprint density at radius 3 is 2.54 bits per heavy atom. The molecular formula is C32H33NO2. The van der Waals surface area contributed by atoms with Crippen LogP contribution in [0.2, 0.25) is 0 Å². The molecule has 0 saturated heterocycles. The maximum Gasteiger partial charge on any atom is 0.161 e. The van der Waals surface area contributed by atoms with Crippen molar-refractivity contribution >= 4 is 32.7 Å². The number of benzene rings is 3. The molecule has 0 aliphatic carbocycles. The normalized spacial score (nSPS) is 18.0. The molecule has 0 saturated carbocycles. The summed E-state index contributed by atoms with van der Waals surface area (Å²) in [5.74, 6) is 1.91. The Labute approximate surface area is 207 Å². The van der Waals surface area contributed by atoms with Gasteiger partial charge in [0.05, 0.1) is 0 Å². The highest BCUT2D eigenvalue weighted by molar-refractivity contribution is 6.11. The molecule has 1 aliphatic rings. The number of aromatic nitrogens is 1. The summed E-state index contributed by atoms with van der Waals surface area (Å²) in [5, 5.41) is 4.81. The number of hydrogen-bond donors (Lipinski definition) is 0. The average molecular weight is 464 g/mol. The topological polar surface area (TPSA) is 35.3 Å². The zero-order valence-electron chi connectivity index (χ0n) is 21.5. The molecule has 3 heteroatoms. The smallest absolute Gasteiger partial charge is 0.161 e. The van der Waals surface area contributed by atoms with Crippen LogP contribution >= 0.6 is 0 Å². The van der Waals surface area contributed by atoms with Gasteiger partial charge in [-0.1, -0.05) is 65.8 Å². The van der Waals surface area contributed by atoms with Crippen LogP contribution in [0, 0.1) is 5.92 Å². The predicted molar refractivity (Wildman–Crippen MR) is 145 cm³/mol. The minimum absolute atomic E-state index is 0.0103. The van der Waals surface area contributed by atoms with Crippen LogP contribution in [0.5, 0.6) is 5.75 Å². The van der Waals surface area contributed by atoms with Crippen molar-refractivity contribution in [2.75, 3.05) is 0 Å². The van der Waals surface area contributed by atoms with Crippen molar-refractivity contribution in [2.24, 2.45) is 5.92 Å². The third kappa shape index (κ3) is 3.52. The zero-order chi connectivity index (χ0) is 24.5. The minimum atomic E-state index is 0.0103. The number of hydrogen-bond acceptors (Lipinski definition) is 3. The summed E-state index contributed by atoms with van der Waals surface area (Å²) in [6.07, 6.45) is 3.17. The highest BCUT2D eigenvalue weighted by atomic mass is 16.5. The van der Waals surface area contributed by atoms with Gasteiger partial charge in [0.25, 0.3) is 0 Å². The monoisotopic (exact) mass is 463 g/mol. The molecule has 5 aromatic rings. The van der Waals surface area contributed by atoms with Gasteiger partial charge < -0.3 is 9.15 Å². The first-order chi connectivity index (χ1) is 16.7. The van der Waals surface area contributed by atoms with Crippen molar-refractivity contribution in [3.8, 4) is 17.0 Å². The Balaban J connectivity index is 1.59. The van der Waals surface area contributed by atoms with Crippen LogP contribution < -0.4 is 4.74 Å². The molecule has 0 bridgehead atoms. The summed E-state index contributed by atoms with van der Waals surface area (Å²) in [5.41, 5.74) is 6.36. The van der Waals surface area contributed by atoms with E-state index in [-0.39, 0.29) is 11.5 Å². The lowest BCUT2D eigenvalue weighted by Crippen LogP contribution is -2.18. The highest BCUT2D eigenvalue weighted by Crippen LogP contribution is 2.48. The maximum atomic E-state index is 6.55. The second-order valence-corrected chi connectivity index (χ2v) is 11.6. The van der Waals surface area contributed by atoms with Crippen LogP contribution in [0.3, 0.4) is 0 Å². The molecule has 2 unspecified atom stereocenters. The zero-order valence-corrected chi connectivity index (χ0v) is 21.5. The van der Waals surface area contributed by atoms with Gasteiger partial charge in [-0.3, -0.25) is 4.98 Å². The van der Waals surface area contributed by atoms with Gasteiger partial charge >= 0.3 is 0 Å². The van der Waals surface area contributed by atoms with E-state index in [2.05, 4.69) is 96.1 Å². The number of nitrogens with zero attached hydrogens (tertiary/aromatic N) is 1. The molecule has 0 N–H and O–H groups in total. The summed E-state index contributed by atoms with van der Waals surface area (Å²) in [6.45, 7) is 13.6. The van der Waals surface area contributed by atoms with Gasteiger partial charge in [0.15, 0.2) is 5.58 Å². The van der Waals surface area contributed by atoms with Gasteiger partial charge in [-0.25, -0.2) is 0 Å². The molecule has 0 amide bonds. The van der Waals surface area contributed by atoms with Gasteiger partial charge in [0, 0.05) is 34.0 Å². The van der Waals surface area contributed by atoms with Crippen LogP contribution in [0.1, 0.15) is 65.0 Å². The van der Waals surface area contributed by atoms with Crippen molar-refractivity contribution in [3.63, 3.8) is 0 Å². The van der Waals surface area contributed by atoms with Gasteiger partial charge in [0.2, 0.25) is 0 Å². The van der Waals surface area contributed by atoms with Crippen molar-refractivity contribution in [1.82, 2.24) is 4.98 Å². The Morgan fingerprint density at radius 2 is 1.77 bits per heavy atom. The van der Waals surface area contributed by atoms with E-state index in [1.165, 1.54) is 27.3 Å². The largest absolute Gasteiger partial charge is 0.489 e. The lowest BCUT2D eigenvalue weighted by atomic mass is 9.82. The van der Waals surface area contributed by atoms with E-state index in [0.717, 1.165) is 40.0 Å². The number of ether oxygens (including phenoxy) is 1. The molecule has 0 spiro atoms. The summed E-state index contributed by atoms with van der Waals surface area (Å²) >= 11 is 0. The number of pyridine rings is 1. The quantitative estimate of drug-likeness (QED) is 0.268. The third-order valence-corrected chi connectivity index (χ3v) is 7.49. The Kier molecular flexibility index (Phi) is 4.96. The molecule has 1 aliphatic heterocycles. The molecule has 6 rings (SSSR count). The van der Waals surface area contributed by atoms with E-state index < -0.39 is 0 Å². The van der Waals surface area contributed by atoms with E-state index in [1.54, 1.807) is 0 Å². The average Bonchev–Trinajstić information content (AvgIpc) is 3.34. The molecule has 3 aromatic carbocycles. The molecule has 0 fully saturated rings. The Morgan fingerprint density at radius 1 is 0.971 bits per heavy atom. The number of fused-ring (bicyclic) bond motifs is 6. The second-order valence-electron chi connectivity index (χ2n) is 11.6. The van der Waals surface area contributed by atoms with Crippen molar-refractivity contribution in [3.05, 3.63) is 71.9 Å². The van der Waals surface area contributed by atoms with Crippen LogP contribution in [-0.2, 0) is 5.41 Å². The minimum Gasteiger partial charge on any atom is -0.489 e. The summed E-state index contributed by atoms with van der Waals surface area (Å²) in [6, 6.07) is 19.4. The summed E-state index contributed by atoms with van der Waals surface area (Å²) in [7, 11) is 0. The van der Waals surface area contributed by atoms with Crippen molar-refractivity contribution in [1.29, 1.82) is 0 Å². The van der Waals surface area contributed by atoms with E-state index in [9.17, 15) is 0 Å². The SMILES string of the molecule is CC(C)CC1Oc2ccc3oc4c(-c5cc(C(C)(C)C)c6ccccc6c5)nccc4c3c2C1C. The van der Waals surface area contributed by atoms with E-state index in [1.807, 2.05) is 6.20 Å². The van der Waals surface area contributed by atoms with Gasteiger partial charge in [-0.2, -0.15) is 0 Å². The molecule has 35 heavy (non-hydrogen) atoms. The molecule has 2 aromatic heterocycles. The third-order valence-electron chi connectivity index (χ3n) is 7.49. The summed E-state index contributed by atoms with van der Waals surface area (Å²) < 4.78 is 13.0. The number of rotatable bonds is 3. The second kappa shape index (κ2) is 7.84. The molecule has 3 nitrogen and oxygen atoms in total. The first-order valence-electron chi connectivity index (χ1n) is 12.8. The van der Waals surface area contributed by atoms with Crippen LogP contribution in [0.4, 0.5) is 0 Å². The lowest BCUT2D eigenvalue weighted by Gasteiger charge is -2.22. The first kappa shape index (κ1) is 22.2. The van der Waals surface area contributed by atoms with Crippen LogP contribution in [-0.4, -0.2) is 11.1 Å². The summed E-state index contributed by atoms with van der Waals surface area (Å²) in [4.78, 5) is 4.84. The standard InChI is InChI=1S/C32H33NO2/c1-18(2)15-27-19(3)28-25(34-27)11-12-26-29(28)23-13-14-33-30(31(23)35-26)21-16-20-9-7-8-10-22(20)24(17-21)32(4,5)6/h7-14,16-19,27H,15H2,1-6H3. The van der Waals surface area contributed by atoms with Gasteiger partial charge in [0.1, 0.15) is 23.1 Å². The molecule has 2 atom stereocenters. The predicted octanol–water partition coefficient (Wildman–Crippen LogP) is 9.01. The van der Waals surface area contributed by atoms with Gasteiger partial charge in [-0.05, 0) is 64.4 Å². The maximum absolute atomic E-state index is 6.55. The fraction of sp³-hybridized carbons (Fsp3) is 0.344. The molecule has 178 valence electrons. The molecular weight excluding hydrogens is 430 g/mol. The number of furan rings is 1. The molecule has 0 radical (unpaired) electrons. The van der Waals surface area contributed by atoms with E-state index in [0.29, 0.717) is 11.8 Å². The fourth-order valence-corrected chi connectivity index (χ4v) is 5.80. The van der Waals surface area contributed by atoms with Crippen molar-refractivity contribution < 1.29 is 9.15 Å². The first-order valence-corrected chi connectivity index (χ1v) is 12.8. The lowest BCUT2D eigenvalue weighted by molar-refractivity contribution is 0.182. The molecule has 3 heterocycles. The Hall–Kier alpha value is -3.33. The fourth-order valence-electron chi connectivity index (χ4n) is 5.80. The highest BCUT2D eigenvalue weighted by Gasteiger charge is 2.34. The Bertz CT molecular complexity index is 1580. The van der Waals surface area contributed by atoms with E-state index in [4.69, 9.17) is 14.1 Å². The van der Waals surface area contributed by atoms with Crippen LogP contribution in [0.15, 0.2) is 65.2 Å². The van der Waals surface area contributed by atoms with Crippen LogP contribution in [0.25, 0.3) is 44.0 Å².